The maximum Gasteiger partial charge on any atom is 0.142 e. The van der Waals surface area contributed by atoms with Gasteiger partial charge in [0.05, 0.1) is 11.3 Å². The summed E-state index contributed by atoms with van der Waals surface area (Å²) in [5, 5.41) is 14.4. The van der Waals surface area contributed by atoms with Gasteiger partial charge in [-0.2, -0.15) is 0 Å². The Morgan fingerprint density at radius 2 is 2.04 bits per heavy atom. The van der Waals surface area contributed by atoms with Crippen LogP contribution in [0.3, 0.4) is 0 Å². The first-order chi connectivity index (χ1) is 13.1. The van der Waals surface area contributed by atoms with Crippen LogP contribution < -0.4 is 5.73 Å². The lowest BCUT2D eigenvalue weighted by Crippen LogP contribution is -2.14. The highest BCUT2D eigenvalue weighted by Gasteiger charge is 2.41. The van der Waals surface area contributed by atoms with Crippen LogP contribution in [0.1, 0.15) is 17.9 Å². The number of halogens is 1. The van der Waals surface area contributed by atoms with Gasteiger partial charge in [0.25, 0.3) is 0 Å². The van der Waals surface area contributed by atoms with Gasteiger partial charge in [-0.05, 0) is 41.8 Å². The summed E-state index contributed by atoms with van der Waals surface area (Å²) >= 11 is 7.47. The van der Waals surface area contributed by atoms with E-state index in [1.165, 1.54) is 5.56 Å². The number of rotatable bonds is 5. The Labute approximate surface area is 166 Å². The molecule has 138 valence electrons. The molecule has 0 unspecified atom stereocenters. The first-order valence-corrected chi connectivity index (χ1v) is 9.64. The summed E-state index contributed by atoms with van der Waals surface area (Å²) in [5.74, 6) is 0.770. The molecule has 6 nitrogen and oxygen atoms in total. The number of imidazole rings is 1. The van der Waals surface area contributed by atoms with Gasteiger partial charge in [0.15, 0.2) is 0 Å². The predicted molar refractivity (Wildman–Crippen MR) is 106 cm³/mol. The highest BCUT2D eigenvalue weighted by atomic mass is 35.5. The Morgan fingerprint density at radius 1 is 1.26 bits per heavy atom. The molecule has 0 saturated heterocycles. The number of hydrogen-bond acceptors (Lipinski definition) is 5. The molecule has 1 aromatic carbocycles. The molecule has 3 N–H and O–H groups in total. The van der Waals surface area contributed by atoms with Crippen molar-refractivity contribution in [1.29, 1.82) is 0 Å². The first kappa shape index (κ1) is 17.9. The number of aryl methyl sites for hydroxylation is 1. The Balaban J connectivity index is 1.56. The van der Waals surface area contributed by atoms with Gasteiger partial charge in [0.1, 0.15) is 21.6 Å². The van der Waals surface area contributed by atoms with Crippen LogP contribution in [0.5, 0.6) is 0 Å². The molecule has 1 aliphatic carbocycles. The third kappa shape index (κ3) is 3.65. The highest BCUT2D eigenvalue weighted by molar-refractivity contribution is 7.99. The van der Waals surface area contributed by atoms with E-state index in [-0.39, 0.29) is 5.92 Å². The average Bonchev–Trinajstić information content (AvgIpc) is 3.41. The molecule has 2 heterocycles. The van der Waals surface area contributed by atoms with Crippen LogP contribution in [-0.4, -0.2) is 25.6 Å². The Kier molecular flexibility index (Phi) is 4.80. The molecule has 8 heteroatoms. The molecule has 0 bridgehead atoms. The van der Waals surface area contributed by atoms with Crippen molar-refractivity contribution in [3.63, 3.8) is 0 Å². The van der Waals surface area contributed by atoms with Crippen LogP contribution in [0.4, 0.5) is 0 Å². The van der Waals surface area contributed by atoms with Crippen LogP contribution in [0, 0.1) is 5.92 Å². The van der Waals surface area contributed by atoms with Crippen LogP contribution >= 0.6 is 23.4 Å². The molecule has 0 amide bonds. The van der Waals surface area contributed by atoms with Crippen LogP contribution in [0.25, 0.3) is 11.3 Å². The maximum absolute atomic E-state index is 8.81. The average molecular weight is 400 g/mol. The number of oxime groups is 1. The minimum Gasteiger partial charge on any atom is -0.409 e. The quantitative estimate of drug-likeness (QED) is 0.291. The minimum absolute atomic E-state index is 0.137. The Hall–Kier alpha value is -2.51. The van der Waals surface area contributed by atoms with Gasteiger partial charge in [0, 0.05) is 24.7 Å². The van der Waals surface area contributed by atoms with Crippen LogP contribution in [-0.2, 0) is 7.05 Å². The van der Waals surface area contributed by atoms with E-state index in [0.29, 0.717) is 16.8 Å². The minimum atomic E-state index is 0.137. The number of pyridine rings is 1. The second-order valence-corrected chi connectivity index (χ2v) is 7.97. The molecule has 1 aliphatic rings. The lowest BCUT2D eigenvalue weighted by molar-refractivity contribution is 0.316. The summed E-state index contributed by atoms with van der Waals surface area (Å²) in [7, 11) is 1.97. The third-order valence-electron chi connectivity index (χ3n) is 4.68. The van der Waals surface area contributed by atoms with Crippen molar-refractivity contribution >= 4 is 29.2 Å². The fourth-order valence-corrected chi connectivity index (χ4v) is 4.12. The zero-order chi connectivity index (χ0) is 19.0. The van der Waals surface area contributed by atoms with Crippen molar-refractivity contribution in [3.05, 3.63) is 59.5 Å². The molecule has 0 spiro atoms. The second kappa shape index (κ2) is 7.25. The SMILES string of the molecule is Cn1cnc(-c2ccc([C@@H]3C[C@H]3/C(N)=N/O)cc2)c1Sc1ccc(Cl)cn1. The molecule has 3 aromatic rings. The van der Waals surface area contributed by atoms with Gasteiger partial charge < -0.3 is 15.5 Å². The summed E-state index contributed by atoms with van der Waals surface area (Å²) in [6, 6.07) is 12.0. The van der Waals surface area contributed by atoms with E-state index in [1.54, 1.807) is 24.3 Å². The summed E-state index contributed by atoms with van der Waals surface area (Å²) in [5.41, 5.74) is 8.85. The lowest BCUT2D eigenvalue weighted by atomic mass is 10.1. The van der Waals surface area contributed by atoms with Crippen molar-refractivity contribution < 1.29 is 5.21 Å². The van der Waals surface area contributed by atoms with Gasteiger partial charge in [-0.1, -0.05) is 41.0 Å². The van der Waals surface area contributed by atoms with E-state index in [0.717, 1.165) is 27.7 Å². The predicted octanol–water partition coefficient (Wildman–Crippen LogP) is 4.14. The molecule has 2 aromatic heterocycles. The topological polar surface area (TPSA) is 89.3 Å². The summed E-state index contributed by atoms with van der Waals surface area (Å²) in [4.78, 5) is 8.92. The number of aromatic nitrogens is 3. The normalized spacial score (nSPS) is 19.3. The van der Waals surface area contributed by atoms with Crippen molar-refractivity contribution in [1.82, 2.24) is 14.5 Å². The Morgan fingerprint density at radius 3 is 2.70 bits per heavy atom. The molecule has 4 rings (SSSR count). The smallest absolute Gasteiger partial charge is 0.142 e. The molecular formula is C19H18ClN5OS. The third-order valence-corrected chi connectivity index (χ3v) is 6.03. The second-order valence-electron chi connectivity index (χ2n) is 6.52. The summed E-state index contributed by atoms with van der Waals surface area (Å²) < 4.78 is 1.99. The summed E-state index contributed by atoms with van der Waals surface area (Å²) in [6.07, 6.45) is 4.36. The van der Waals surface area contributed by atoms with E-state index < -0.39 is 0 Å². The molecule has 27 heavy (non-hydrogen) atoms. The van der Waals surface area contributed by atoms with Gasteiger partial charge in [-0.3, -0.25) is 0 Å². The number of amidine groups is 1. The molecule has 2 atom stereocenters. The van der Waals surface area contributed by atoms with E-state index in [4.69, 9.17) is 22.5 Å². The number of benzene rings is 1. The van der Waals surface area contributed by atoms with Gasteiger partial charge in [0.2, 0.25) is 0 Å². The molecule has 1 saturated carbocycles. The van der Waals surface area contributed by atoms with Crippen molar-refractivity contribution in [2.45, 2.75) is 22.4 Å². The van der Waals surface area contributed by atoms with E-state index in [1.807, 2.05) is 23.7 Å². The summed E-state index contributed by atoms with van der Waals surface area (Å²) in [6.45, 7) is 0. The van der Waals surface area contributed by atoms with E-state index >= 15 is 0 Å². The Bertz CT molecular complexity index is 984. The van der Waals surface area contributed by atoms with E-state index in [9.17, 15) is 0 Å². The first-order valence-electron chi connectivity index (χ1n) is 8.45. The van der Waals surface area contributed by atoms with Gasteiger partial charge in [-0.25, -0.2) is 9.97 Å². The standard InChI is InChI=1S/C19H18ClN5OS/c1-25-10-23-17(19(25)27-16-7-6-13(20)9-22-16)12-4-2-11(3-5-12)14-8-15(14)18(21)24-26/h2-7,9-10,14-15,26H,8H2,1H3,(H2,21,24)/t14-,15+/m0/s1. The molecule has 0 radical (unpaired) electrons. The maximum atomic E-state index is 8.81. The van der Waals surface area contributed by atoms with Crippen LogP contribution in [0.15, 0.2) is 64.1 Å². The lowest BCUT2D eigenvalue weighted by Gasteiger charge is -2.07. The van der Waals surface area contributed by atoms with Gasteiger partial charge in [-0.15, -0.1) is 0 Å². The van der Waals surface area contributed by atoms with Crippen molar-refractivity contribution in [2.75, 3.05) is 0 Å². The molecule has 1 fully saturated rings. The largest absolute Gasteiger partial charge is 0.409 e. The number of hydrogen-bond donors (Lipinski definition) is 2. The molecular weight excluding hydrogens is 382 g/mol. The fourth-order valence-electron chi connectivity index (χ4n) is 3.11. The van der Waals surface area contributed by atoms with E-state index in [2.05, 4.69) is 39.4 Å². The van der Waals surface area contributed by atoms with Crippen molar-refractivity contribution in [3.8, 4) is 11.3 Å². The number of nitrogens with zero attached hydrogens (tertiary/aromatic N) is 4. The van der Waals surface area contributed by atoms with Gasteiger partial charge >= 0.3 is 0 Å². The fraction of sp³-hybridized carbons (Fsp3) is 0.211. The zero-order valence-electron chi connectivity index (χ0n) is 14.6. The molecule has 0 aliphatic heterocycles. The number of nitrogens with two attached hydrogens (primary N) is 1. The zero-order valence-corrected chi connectivity index (χ0v) is 16.2. The highest BCUT2D eigenvalue weighted by Crippen LogP contribution is 2.47. The van der Waals surface area contributed by atoms with Crippen molar-refractivity contribution in [2.24, 2.45) is 23.9 Å². The monoisotopic (exact) mass is 399 g/mol. The van der Waals surface area contributed by atoms with Crippen LogP contribution in [0.2, 0.25) is 5.02 Å².